The number of thiazole rings is 1. The first kappa shape index (κ1) is 14.4. The van der Waals surface area contributed by atoms with E-state index >= 15 is 0 Å². The molecule has 0 aromatic carbocycles. The van der Waals surface area contributed by atoms with Crippen molar-refractivity contribution in [3.63, 3.8) is 0 Å². The Bertz CT molecular complexity index is 688. The summed E-state index contributed by atoms with van der Waals surface area (Å²) in [4.78, 5) is 22.8. The van der Waals surface area contributed by atoms with E-state index in [1.807, 2.05) is 24.0 Å². The van der Waals surface area contributed by atoms with Gasteiger partial charge in [-0.1, -0.05) is 0 Å². The number of aryl methyl sites for hydroxylation is 1. The van der Waals surface area contributed by atoms with Crippen LogP contribution in [0.25, 0.3) is 0 Å². The fourth-order valence-electron chi connectivity index (χ4n) is 2.34. The molecule has 1 amide bonds. The van der Waals surface area contributed by atoms with Crippen LogP contribution in [-0.4, -0.2) is 26.8 Å². The molecule has 1 aliphatic rings. The zero-order valence-electron chi connectivity index (χ0n) is 11.8. The molecule has 3 rings (SSSR count). The number of aromatic amines is 1. The van der Waals surface area contributed by atoms with Gasteiger partial charge in [-0.15, -0.1) is 11.3 Å². The molecule has 21 heavy (non-hydrogen) atoms. The van der Waals surface area contributed by atoms with E-state index in [2.05, 4.69) is 9.97 Å². The van der Waals surface area contributed by atoms with Crippen molar-refractivity contribution in [1.29, 1.82) is 0 Å². The van der Waals surface area contributed by atoms with E-state index in [9.17, 15) is 4.79 Å². The third-order valence-corrected chi connectivity index (χ3v) is 4.98. The number of hydrogen-bond acceptors (Lipinski definition) is 4. The number of rotatable bonds is 5. The highest BCUT2D eigenvalue weighted by molar-refractivity contribution is 7.73. The van der Waals surface area contributed by atoms with Crippen molar-refractivity contribution in [3.8, 4) is 0 Å². The smallest absolute Gasteiger partial charge is 0.228 e. The maximum Gasteiger partial charge on any atom is 0.228 e. The zero-order valence-corrected chi connectivity index (χ0v) is 13.5. The number of nitrogens with zero attached hydrogens (tertiary/aromatic N) is 2. The van der Waals surface area contributed by atoms with Crippen LogP contribution in [0.3, 0.4) is 0 Å². The van der Waals surface area contributed by atoms with E-state index in [1.165, 1.54) is 11.3 Å². The summed E-state index contributed by atoms with van der Waals surface area (Å²) in [5.41, 5.74) is 2.14. The number of pyridine rings is 1. The zero-order chi connectivity index (χ0) is 14.8. The van der Waals surface area contributed by atoms with Gasteiger partial charge >= 0.3 is 0 Å². The Balaban J connectivity index is 1.73. The fourth-order valence-corrected chi connectivity index (χ4v) is 3.62. The molecular formula is C15H17N3OS2. The van der Waals surface area contributed by atoms with Crippen molar-refractivity contribution < 1.29 is 4.79 Å². The molecule has 0 spiro atoms. The third-order valence-electron chi connectivity index (χ3n) is 3.65. The molecule has 2 aromatic heterocycles. The van der Waals surface area contributed by atoms with Gasteiger partial charge in [0.05, 0.1) is 6.42 Å². The molecular weight excluding hydrogens is 302 g/mol. The van der Waals surface area contributed by atoms with E-state index in [4.69, 9.17) is 12.2 Å². The van der Waals surface area contributed by atoms with Crippen LogP contribution in [0.1, 0.15) is 29.0 Å². The molecule has 4 nitrogen and oxygen atoms in total. The van der Waals surface area contributed by atoms with Crippen LogP contribution in [0, 0.1) is 10.9 Å². The van der Waals surface area contributed by atoms with Crippen molar-refractivity contribution in [2.45, 2.75) is 38.8 Å². The van der Waals surface area contributed by atoms with Gasteiger partial charge in [0.15, 0.2) is 3.95 Å². The van der Waals surface area contributed by atoms with Gasteiger partial charge in [-0.2, -0.15) is 0 Å². The maximum absolute atomic E-state index is 12.6. The fraction of sp³-hybridized carbons (Fsp3) is 0.400. The van der Waals surface area contributed by atoms with Crippen LogP contribution in [0.4, 0.5) is 0 Å². The minimum absolute atomic E-state index is 0.183. The maximum atomic E-state index is 12.6. The van der Waals surface area contributed by atoms with Gasteiger partial charge in [0.25, 0.3) is 0 Å². The lowest BCUT2D eigenvalue weighted by Crippen LogP contribution is -2.33. The van der Waals surface area contributed by atoms with Gasteiger partial charge in [0.2, 0.25) is 5.91 Å². The van der Waals surface area contributed by atoms with E-state index in [0.717, 1.165) is 32.9 Å². The van der Waals surface area contributed by atoms with Crippen molar-refractivity contribution in [2.75, 3.05) is 0 Å². The first-order valence-corrected chi connectivity index (χ1v) is 8.23. The Labute approximate surface area is 132 Å². The molecule has 0 bridgehead atoms. The largest absolute Gasteiger partial charge is 0.341 e. The number of H-pyrrole nitrogens is 1. The van der Waals surface area contributed by atoms with Crippen LogP contribution in [-0.2, 0) is 17.8 Å². The normalized spacial score (nSPS) is 14.1. The Hall–Kier alpha value is -1.53. The summed E-state index contributed by atoms with van der Waals surface area (Å²) in [6.45, 7) is 2.64. The van der Waals surface area contributed by atoms with Gasteiger partial charge in [-0.3, -0.25) is 9.78 Å². The summed E-state index contributed by atoms with van der Waals surface area (Å²) in [5.74, 6) is 0.183. The number of carbonyl (C=O) groups excluding carboxylic acids is 1. The number of nitrogens with one attached hydrogen (secondary N) is 1. The Morgan fingerprint density at radius 3 is 2.76 bits per heavy atom. The second-order valence-electron chi connectivity index (χ2n) is 5.35. The summed E-state index contributed by atoms with van der Waals surface area (Å²) in [7, 11) is 0. The molecule has 1 N–H and O–H groups in total. The van der Waals surface area contributed by atoms with Crippen LogP contribution >= 0.6 is 23.6 Å². The summed E-state index contributed by atoms with van der Waals surface area (Å²) < 4.78 is 0.738. The summed E-state index contributed by atoms with van der Waals surface area (Å²) >= 11 is 6.64. The van der Waals surface area contributed by atoms with Gasteiger partial charge in [-0.05, 0) is 49.7 Å². The molecule has 6 heteroatoms. The number of carbonyl (C=O) groups is 1. The summed E-state index contributed by atoms with van der Waals surface area (Å²) in [6.07, 6.45) is 6.20. The Kier molecular flexibility index (Phi) is 4.17. The van der Waals surface area contributed by atoms with Crippen molar-refractivity contribution in [3.05, 3.63) is 44.6 Å². The lowest BCUT2D eigenvalue weighted by Gasteiger charge is -2.22. The molecule has 2 aromatic rings. The van der Waals surface area contributed by atoms with Crippen LogP contribution in [0.15, 0.2) is 24.5 Å². The van der Waals surface area contributed by atoms with Gasteiger partial charge in [0, 0.05) is 35.6 Å². The number of hydrogen-bond donors (Lipinski definition) is 1. The third kappa shape index (κ3) is 3.57. The molecule has 0 aliphatic heterocycles. The lowest BCUT2D eigenvalue weighted by molar-refractivity contribution is -0.131. The molecule has 1 aliphatic carbocycles. The second-order valence-corrected chi connectivity index (χ2v) is 7.12. The number of amides is 1. The predicted octanol–water partition coefficient (Wildman–Crippen LogP) is 3.24. The lowest BCUT2D eigenvalue weighted by atomic mass is 10.2. The van der Waals surface area contributed by atoms with Crippen molar-refractivity contribution in [2.24, 2.45) is 0 Å². The minimum Gasteiger partial charge on any atom is -0.341 e. The molecule has 0 atom stereocenters. The van der Waals surface area contributed by atoms with Crippen molar-refractivity contribution in [1.82, 2.24) is 14.9 Å². The van der Waals surface area contributed by atoms with Gasteiger partial charge < -0.3 is 9.88 Å². The average Bonchev–Trinajstić information content (AvgIpc) is 3.24. The first-order chi connectivity index (χ1) is 10.1. The van der Waals surface area contributed by atoms with Crippen LogP contribution < -0.4 is 0 Å². The molecule has 2 heterocycles. The van der Waals surface area contributed by atoms with Crippen LogP contribution in [0.2, 0.25) is 0 Å². The summed E-state index contributed by atoms with van der Waals surface area (Å²) in [5, 5.41) is 0. The SMILES string of the molecule is Cc1[nH]c(=S)sc1CC(=O)N(Cc1ccncc1)C1CC1. The Morgan fingerprint density at radius 2 is 2.19 bits per heavy atom. The van der Waals surface area contributed by atoms with Crippen LogP contribution in [0.5, 0.6) is 0 Å². The molecule has 1 saturated carbocycles. The Morgan fingerprint density at radius 1 is 1.48 bits per heavy atom. The quantitative estimate of drug-likeness (QED) is 0.861. The van der Waals surface area contributed by atoms with Crippen molar-refractivity contribution >= 4 is 29.5 Å². The average molecular weight is 319 g/mol. The van der Waals surface area contributed by atoms with E-state index in [1.54, 1.807) is 12.4 Å². The minimum atomic E-state index is 0.183. The van der Waals surface area contributed by atoms with E-state index in [-0.39, 0.29) is 5.91 Å². The highest BCUT2D eigenvalue weighted by Gasteiger charge is 2.32. The monoisotopic (exact) mass is 319 g/mol. The topological polar surface area (TPSA) is 49.0 Å². The number of aromatic nitrogens is 2. The highest BCUT2D eigenvalue weighted by atomic mass is 32.1. The molecule has 110 valence electrons. The van der Waals surface area contributed by atoms with Gasteiger partial charge in [0.1, 0.15) is 0 Å². The molecule has 0 radical (unpaired) electrons. The second kappa shape index (κ2) is 6.07. The standard InChI is InChI=1S/C15H17N3OS2/c1-10-13(21-15(20)17-10)8-14(19)18(12-2-3-12)9-11-4-6-16-7-5-11/h4-7,12H,2-3,8-9H2,1H3,(H,17,20). The molecule has 1 fully saturated rings. The van der Waals surface area contributed by atoms with E-state index < -0.39 is 0 Å². The van der Waals surface area contributed by atoms with Gasteiger partial charge in [-0.25, -0.2) is 0 Å². The summed E-state index contributed by atoms with van der Waals surface area (Å²) in [6, 6.07) is 4.33. The predicted molar refractivity (Wildman–Crippen MR) is 85.8 cm³/mol. The highest BCUT2D eigenvalue weighted by Crippen LogP contribution is 2.29. The molecule has 0 saturated heterocycles. The van der Waals surface area contributed by atoms with E-state index in [0.29, 0.717) is 19.0 Å². The first-order valence-electron chi connectivity index (χ1n) is 7.00. The molecule has 0 unspecified atom stereocenters.